The van der Waals surface area contributed by atoms with Crippen LogP contribution in [0.5, 0.6) is 5.75 Å². The minimum atomic E-state index is -0.502. The molecule has 1 aliphatic heterocycles. The van der Waals surface area contributed by atoms with E-state index in [2.05, 4.69) is 39.5 Å². The number of piperidine rings is 1. The largest absolute Gasteiger partial charge is 0.493 e. The lowest BCUT2D eigenvalue weighted by atomic mass is 10.0. The zero-order valence-corrected chi connectivity index (χ0v) is 22.3. The Morgan fingerprint density at radius 3 is 2.71 bits per heavy atom. The molecule has 0 bridgehead atoms. The number of amides is 1. The van der Waals surface area contributed by atoms with Crippen LogP contribution in [0.15, 0.2) is 54.9 Å². The summed E-state index contributed by atoms with van der Waals surface area (Å²) in [6.45, 7) is 8.47. The van der Waals surface area contributed by atoms with Gasteiger partial charge in [-0.25, -0.2) is 14.8 Å². The molecule has 38 heavy (non-hydrogen) atoms. The number of nitrogens with two attached hydrogens (primary N) is 1. The van der Waals surface area contributed by atoms with Crippen molar-refractivity contribution in [2.75, 3.05) is 31.1 Å². The lowest BCUT2D eigenvalue weighted by molar-refractivity contribution is 0.0497. The van der Waals surface area contributed by atoms with E-state index in [1.165, 1.54) is 0 Å². The summed E-state index contributed by atoms with van der Waals surface area (Å²) >= 11 is 0. The lowest BCUT2D eigenvalue weighted by Gasteiger charge is -2.34. The van der Waals surface area contributed by atoms with Crippen molar-refractivity contribution in [1.82, 2.24) is 19.9 Å². The van der Waals surface area contributed by atoms with E-state index in [0.29, 0.717) is 13.2 Å². The van der Waals surface area contributed by atoms with E-state index in [0.717, 1.165) is 71.5 Å². The molecule has 0 aliphatic carbocycles. The van der Waals surface area contributed by atoms with E-state index in [4.69, 9.17) is 20.2 Å². The zero-order valence-electron chi connectivity index (χ0n) is 22.3. The van der Waals surface area contributed by atoms with Crippen LogP contribution in [0.4, 0.5) is 10.5 Å². The number of hydrogen-bond acceptors (Lipinski definition) is 7. The van der Waals surface area contributed by atoms with Crippen LogP contribution in [-0.4, -0.2) is 58.5 Å². The minimum absolute atomic E-state index is 0.0982. The molecule has 9 heteroatoms. The Kier molecular flexibility index (Phi) is 7.37. The number of fused-ring (bicyclic) bond motifs is 2. The van der Waals surface area contributed by atoms with Crippen molar-refractivity contribution in [2.45, 2.75) is 51.7 Å². The maximum atomic E-state index is 12.2. The van der Waals surface area contributed by atoms with Crippen molar-refractivity contribution in [2.24, 2.45) is 5.73 Å². The van der Waals surface area contributed by atoms with Crippen molar-refractivity contribution in [3.8, 4) is 11.6 Å². The van der Waals surface area contributed by atoms with Crippen LogP contribution in [0.25, 0.3) is 27.8 Å². The number of nitrogens with one attached hydrogen (secondary N) is 1. The summed E-state index contributed by atoms with van der Waals surface area (Å²) in [5.74, 6) is 1.60. The Morgan fingerprint density at radius 2 is 1.95 bits per heavy atom. The van der Waals surface area contributed by atoms with Crippen LogP contribution in [0.1, 0.15) is 40.0 Å². The Labute approximate surface area is 222 Å². The van der Waals surface area contributed by atoms with E-state index in [9.17, 15) is 4.79 Å². The first-order valence-electron chi connectivity index (χ1n) is 13.3. The third-order valence-electron chi connectivity index (χ3n) is 6.62. The smallest absolute Gasteiger partial charge is 0.407 e. The van der Waals surface area contributed by atoms with Crippen LogP contribution in [-0.2, 0) is 4.74 Å². The molecule has 5 rings (SSSR count). The Bertz CT molecular complexity index is 1420. The number of alkyl carbamates (subject to hydrolysis) is 1. The first kappa shape index (κ1) is 25.8. The summed E-state index contributed by atoms with van der Waals surface area (Å²) in [5, 5.41) is 4.10. The van der Waals surface area contributed by atoms with Gasteiger partial charge in [0.1, 0.15) is 23.5 Å². The predicted octanol–water partition coefficient (Wildman–Crippen LogP) is 4.79. The predicted molar refractivity (Wildman–Crippen MR) is 150 cm³/mol. The van der Waals surface area contributed by atoms with Crippen molar-refractivity contribution >= 4 is 33.7 Å². The number of para-hydroxylation sites is 1. The second-order valence-corrected chi connectivity index (χ2v) is 10.7. The van der Waals surface area contributed by atoms with Crippen molar-refractivity contribution in [1.29, 1.82) is 0 Å². The minimum Gasteiger partial charge on any atom is -0.493 e. The van der Waals surface area contributed by atoms with Gasteiger partial charge in [-0.1, -0.05) is 12.1 Å². The van der Waals surface area contributed by atoms with E-state index in [1.807, 2.05) is 49.6 Å². The van der Waals surface area contributed by atoms with Crippen LogP contribution in [0.3, 0.4) is 0 Å². The SMILES string of the molecule is CC(C)(C)OC(=O)NC1CCN(c2cccc3ccc(-n4cnc5cc(OCCCN)ccc54)nc23)CC1. The van der Waals surface area contributed by atoms with E-state index in [1.54, 1.807) is 6.33 Å². The first-order chi connectivity index (χ1) is 18.3. The van der Waals surface area contributed by atoms with Gasteiger partial charge in [0.15, 0.2) is 0 Å². The number of ether oxygens (including phenoxy) is 2. The molecule has 3 heterocycles. The molecule has 0 atom stereocenters. The zero-order chi connectivity index (χ0) is 26.7. The normalized spacial score (nSPS) is 14.7. The van der Waals surface area contributed by atoms with Gasteiger partial charge in [0.25, 0.3) is 0 Å². The maximum Gasteiger partial charge on any atom is 0.407 e. The average molecular weight is 517 g/mol. The molecule has 0 radical (unpaired) electrons. The Balaban J connectivity index is 1.34. The number of imidazole rings is 1. The van der Waals surface area contributed by atoms with Gasteiger partial charge in [0, 0.05) is 30.6 Å². The van der Waals surface area contributed by atoms with E-state index in [-0.39, 0.29) is 12.1 Å². The second-order valence-electron chi connectivity index (χ2n) is 10.7. The monoisotopic (exact) mass is 516 g/mol. The van der Waals surface area contributed by atoms with Gasteiger partial charge in [-0.15, -0.1) is 0 Å². The lowest BCUT2D eigenvalue weighted by Crippen LogP contribution is -2.46. The third kappa shape index (κ3) is 5.83. The number of benzene rings is 2. The number of carbonyl (C=O) groups is 1. The number of carbonyl (C=O) groups excluding carboxylic acids is 1. The molecule has 0 saturated carbocycles. The number of anilines is 1. The average Bonchev–Trinajstić information content (AvgIpc) is 3.31. The molecule has 4 aromatic rings. The second kappa shape index (κ2) is 10.9. The van der Waals surface area contributed by atoms with Crippen LogP contribution >= 0.6 is 0 Å². The third-order valence-corrected chi connectivity index (χ3v) is 6.62. The fourth-order valence-electron chi connectivity index (χ4n) is 4.79. The highest BCUT2D eigenvalue weighted by Gasteiger charge is 2.25. The summed E-state index contributed by atoms with van der Waals surface area (Å²) in [7, 11) is 0. The topological polar surface area (TPSA) is 108 Å². The first-order valence-corrected chi connectivity index (χ1v) is 13.3. The Hall–Kier alpha value is -3.85. The van der Waals surface area contributed by atoms with Gasteiger partial charge in [-0.05, 0) is 76.9 Å². The summed E-state index contributed by atoms with van der Waals surface area (Å²) in [4.78, 5) is 24.2. The van der Waals surface area contributed by atoms with Gasteiger partial charge in [-0.2, -0.15) is 0 Å². The van der Waals surface area contributed by atoms with Crippen molar-refractivity contribution in [3.63, 3.8) is 0 Å². The quantitative estimate of drug-likeness (QED) is 0.340. The fourth-order valence-corrected chi connectivity index (χ4v) is 4.79. The molecule has 200 valence electrons. The molecule has 2 aromatic heterocycles. The number of hydrogen-bond donors (Lipinski definition) is 2. The number of pyridine rings is 1. The van der Waals surface area contributed by atoms with Crippen LogP contribution in [0.2, 0.25) is 0 Å². The summed E-state index contributed by atoms with van der Waals surface area (Å²) < 4.78 is 13.2. The van der Waals surface area contributed by atoms with Crippen molar-refractivity contribution in [3.05, 3.63) is 54.9 Å². The molecule has 0 spiro atoms. The number of aromatic nitrogens is 3. The van der Waals surface area contributed by atoms with E-state index < -0.39 is 5.60 Å². The molecule has 1 saturated heterocycles. The van der Waals surface area contributed by atoms with Gasteiger partial charge < -0.3 is 25.4 Å². The molecule has 1 fully saturated rings. The van der Waals surface area contributed by atoms with E-state index >= 15 is 0 Å². The standard InChI is InChI=1S/C29H36N6O3/c1-29(2,3)38-28(36)32-21-12-15-34(16-13-21)25-7-4-6-20-8-11-26(33-27(20)25)35-19-31-23-18-22(9-10-24(23)35)37-17-5-14-30/h4,6-11,18-19,21H,5,12-17,30H2,1-3H3,(H,32,36). The Morgan fingerprint density at radius 1 is 1.13 bits per heavy atom. The molecule has 1 aliphatic rings. The maximum absolute atomic E-state index is 12.2. The van der Waals surface area contributed by atoms with Gasteiger partial charge in [0.05, 0.1) is 28.8 Å². The van der Waals surface area contributed by atoms with Crippen LogP contribution < -0.4 is 20.7 Å². The molecule has 2 aromatic carbocycles. The highest BCUT2D eigenvalue weighted by molar-refractivity contribution is 5.92. The number of nitrogens with zero attached hydrogens (tertiary/aromatic N) is 4. The highest BCUT2D eigenvalue weighted by Crippen LogP contribution is 2.30. The molecular weight excluding hydrogens is 480 g/mol. The summed E-state index contributed by atoms with van der Waals surface area (Å²) in [6.07, 6.45) is 3.95. The summed E-state index contributed by atoms with van der Waals surface area (Å²) in [6, 6.07) is 16.4. The highest BCUT2D eigenvalue weighted by atomic mass is 16.6. The molecule has 9 nitrogen and oxygen atoms in total. The summed E-state index contributed by atoms with van der Waals surface area (Å²) in [5.41, 5.74) is 8.93. The van der Waals surface area contributed by atoms with Gasteiger partial charge in [0.2, 0.25) is 0 Å². The molecule has 3 N–H and O–H groups in total. The van der Waals surface area contributed by atoms with Crippen LogP contribution in [0, 0.1) is 0 Å². The van der Waals surface area contributed by atoms with Gasteiger partial charge in [-0.3, -0.25) is 4.57 Å². The van der Waals surface area contributed by atoms with Gasteiger partial charge >= 0.3 is 6.09 Å². The van der Waals surface area contributed by atoms with Crippen molar-refractivity contribution < 1.29 is 14.3 Å². The fraction of sp³-hybridized carbons (Fsp3) is 0.414. The molecule has 1 amide bonds. The number of rotatable bonds is 7. The molecular formula is C29H36N6O3. The molecule has 0 unspecified atom stereocenters.